The highest BCUT2D eigenvalue weighted by atomic mass is 16.5. The molecular weight excluding hydrogens is 444 g/mol. The van der Waals surface area contributed by atoms with E-state index >= 15 is 0 Å². The van der Waals surface area contributed by atoms with Crippen molar-refractivity contribution in [3.8, 4) is 11.5 Å². The zero-order valence-corrected chi connectivity index (χ0v) is 20.0. The van der Waals surface area contributed by atoms with E-state index in [0.717, 1.165) is 11.1 Å². The van der Waals surface area contributed by atoms with Gasteiger partial charge >= 0.3 is 0 Å². The van der Waals surface area contributed by atoms with Gasteiger partial charge in [0.1, 0.15) is 18.0 Å². The summed E-state index contributed by atoms with van der Waals surface area (Å²) in [7, 11) is 3.05. The number of aromatic nitrogens is 1. The van der Waals surface area contributed by atoms with Gasteiger partial charge in [-0.25, -0.2) is 0 Å². The van der Waals surface area contributed by atoms with Crippen LogP contribution >= 0.6 is 0 Å². The Labute approximate surface area is 202 Å². The van der Waals surface area contributed by atoms with Gasteiger partial charge in [0, 0.05) is 23.2 Å². The third-order valence-electron chi connectivity index (χ3n) is 5.79. The summed E-state index contributed by atoms with van der Waals surface area (Å²) in [6.07, 6.45) is 1.47. The highest BCUT2D eigenvalue weighted by Gasteiger charge is 2.19. The Morgan fingerprint density at radius 3 is 2.29 bits per heavy atom. The summed E-state index contributed by atoms with van der Waals surface area (Å²) >= 11 is 0. The SMILES string of the molecule is COc1ccc(NC(=O)Cn2cc(C(=O)c3ccc(C)cc3)c(=O)c3cc(C)ccc32)c(OC)c1. The van der Waals surface area contributed by atoms with Crippen LogP contribution in [-0.4, -0.2) is 30.5 Å². The lowest BCUT2D eigenvalue weighted by molar-refractivity contribution is -0.116. The molecule has 0 fully saturated rings. The fraction of sp³-hybridized carbons (Fsp3) is 0.179. The van der Waals surface area contributed by atoms with Gasteiger partial charge in [-0.05, 0) is 38.1 Å². The minimum absolute atomic E-state index is 0.0155. The maximum Gasteiger partial charge on any atom is 0.244 e. The van der Waals surface area contributed by atoms with Crippen LogP contribution in [-0.2, 0) is 11.3 Å². The van der Waals surface area contributed by atoms with Crippen LogP contribution in [0.25, 0.3) is 10.9 Å². The van der Waals surface area contributed by atoms with E-state index in [1.807, 2.05) is 32.0 Å². The summed E-state index contributed by atoms with van der Waals surface area (Å²) in [4.78, 5) is 39.5. The van der Waals surface area contributed by atoms with Crippen LogP contribution in [0.3, 0.4) is 0 Å². The van der Waals surface area contributed by atoms with Gasteiger partial charge in [0.15, 0.2) is 5.78 Å². The molecule has 1 N–H and O–H groups in total. The number of aryl methyl sites for hydroxylation is 2. The van der Waals surface area contributed by atoms with Crippen LogP contribution in [0.2, 0.25) is 0 Å². The first kappa shape index (κ1) is 23.8. The Morgan fingerprint density at radius 1 is 0.886 bits per heavy atom. The number of ketones is 1. The third kappa shape index (κ3) is 4.94. The summed E-state index contributed by atoms with van der Waals surface area (Å²) < 4.78 is 12.2. The van der Waals surface area contributed by atoms with Gasteiger partial charge in [-0.2, -0.15) is 0 Å². The number of nitrogens with zero attached hydrogens (tertiary/aromatic N) is 1. The van der Waals surface area contributed by atoms with Crippen LogP contribution in [0.15, 0.2) is 71.7 Å². The molecule has 0 aliphatic heterocycles. The molecule has 0 aliphatic rings. The number of fused-ring (bicyclic) bond motifs is 1. The number of amides is 1. The molecule has 4 aromatic rings. The largest absolute Gasteiger partial charge is 0.497 e. The number of carbonyl (C=O) groups is 2. The third-order valence-corrected chi connectivity index (χ3v) is 5.79. The number of nitrogens with one attached hydrogen (secondary N) is 1. The quantitative estimate of drug-likeness (QED) is 0.402. The molecule has 0 spiro atoms. The van der Waals surface area contributed by atoms with Crippen molar-refractivity contribution in [2.24, 2.45) is 0 Å². The number of pyridine rings is 1. The normalized spacial score (nSPS) is 10.7. The lowest BCUT2D eigenvalue weighted by Gasteiger charge is -2.15. The molecule has 0 bridgehead atoms. The lowest BCUT2D eigenvalue weighted by atomic mass is 10.0. The molecule has 0 atom stereocenters. The van der Waals surface area contributed by atoms with Crippen molar-refractivity contribution in [2.75, 3.05) is 19.5 Å². The second kappa shape index (κ2) is 9.85. The van der Waals surface area contributed by atoms with Crippen LogP contribution in [0.4, 0.5) is 5.69 Å². The summed E-state index contributed by atoms with van der Waals surface area (Å²) in [5.41, 5.74) is 3.02. The number of carbonyl (C=O) groups excluding carboxylic acids is 2. The molecule has 1 amide bonds. The lowest BCUT2D eigenvalue weighted by Crippen LogP contribution is -2.24. The second-order valence-electron chi connectivity index (χ2n) is 8.33. The van der Waals surface area contributed by atoms with E-state index in [1.54, 1.807) is 54.1 Å². The van der Waals surface area contributed by atoms with E-state index in [9.17, 15) is 14.4 Å². The molecule has 0 aliphatic carbocycles. The van der Waals surface area contributed by atoms with E-state index in [-0.39, 0.29) is 29.2 Å². The Kier molecular flexibility index (Phi) is 6.68. The van der Waals surface area contributed by atoms with Gasteiger partial charge in [0.05, 0.1) is 31.0 Å². The molecule has 178 valence electrons. The first-order valence-electron chi connectivity index (χ1n) is 11.1. The van der Waals surface area contributed by atoms with Gasteiger partial charge < -0.3 is 19.4 Å². The Balaban J connectivity index is 1.73. The minimum atomic E-state index is -0.385. The molecule has 7 heteroatoms. The van der Waals surface area contributed by atoms with Crippen LogP contribution < -0.4 is 20.2 Å². The summed E-state index contributed by atoms with van der Waals surface area (Å²) in [5, 5.41) is 3.22. The Hall–Kier alpha value is -4.39. The van der Waals surface area contributed by atoms with E-state index < -0.39 is 0 Å². The molecule has 4 rings (SSSR count). The number of anilines is 1. The molecule has 3 aromatic carbocycles. The smallest absolute Gasteiger partial charge is 0.244 e. The topological polar surface area (TPSA) is 86.6 Å². The number of hydrogen-bond donors (Lipinski definition) is 1. The van der Waals surface area contributed by atoms with Crippen molar-refractivity contribution in [1.29, 1.82) is 0 Å². The fourth-order valence-corrected chi connectivity index (χ4v) is 3.91. The molecule has 1 heterocycles. The maximum absolute atomic E-state index is 13.3. The highest BCUT2D eigenvalue weighted by molar-refractivity contribution is 6.10. The van der Waals surface area contributed by atoms with Crippen molar-refractivity contribution in [3.05, 3.63) is 99.3 Å². The number of ether oxygens (including phenoxy) is 2. The van der Waals surface area contributed by atoms with E-state index in [0.29, 0.717) is 33.7 Å². The zero-order valence-electron chi connectivity index (χ0n) is 20.0. The molecule has 0 saturated heterocycles. The predicted octanol–water partition coefficient (Wildman–Crippen LogP) is 4.51. The van der Waals surface area contributed by atoms with Crippen molar-refractivity contribution < 1.29 is 19.1 Å². The van der Waals surface area contributed by atoms with E-state index in [1.165, 1.54) is 13.3 Å². The molecule has 7 nitrogen and oxygen atoms in total. The summed E-state index contributed by atoms with van der Waals surface area (Å²) in [6, 6.07) is 17.5. The first-order chi connectivity index (χ1) is 16.8. The summed E-state index contributed by atoms with van der Waals surface area (Å²) in [5.74, 6) is 0.325. The van der Waals surface area contributed by atoms with Gasteiger partial charge in [-0.15, -0.1) is 0 Å². The second-order valence-corrected chi connectivity index (χ2v) is 8.33. The number of benzene rings is 3. The molecule has 0 saturated carbocycles. The monoisotopic (exact) mass is 470 g/mol. The molecule has 0 radical (unpaired) electrons. The number of hydrogen-bond acceptors (Lipinski definition) is 5. The van der Waals surface area contributed by atoms with Crippen LogP contribution in [0, 0.1) is 13.8 Å². The molecule has 0 unspecified atom stereocenters. The van der Waals surface area contributed by atoms with Crippen molar-refractivity contribution in [3.63, 3.8) is 0 Å². The van der Waals surface area contributed by atoms with Crippen LogP contribution in [0.5, 0.6) is 11.5 Å². The average Bonchev–Trinajstić information content (AvgIpc) is 2.86. The minimum Gasteiger partial charge on any atom is -0.497 e. The molecule has 35 heavy (non-hydrogen) atoms. The van der Waals surface area contributed by atoms with Gasteiger partial charge in [-0.3, -0.25) is 14.4 Å². The van der Waals surface area contributed by atoms with E-state index in [4.69, 9.17) is 9.47 Å². The molecule has 1 aromatic heterocycles. The number of rotatable bonds is 7. The van der Waals surface area contributed by atoms with Crippen molar-refractivity contribution >= 4 is 28.3 Å². The van der Waals surface area contributed by atoms with Crippen molar-refractivity contribution in [2.45, 2.75) is 20.4 Å². The summed E-state index contributed by atoms with van der Waals surface area (Å²) in [6.45, 7) is 3.69. The van der Waals surface area contributed by atoms with Gasteiger partial charge in [0.25, 0.3) is 0 Å². The van der Waals surface area contributed by atoms with Gasteiger partial charge in [0.2, 0.25) is 11.3 Å². The van der Waals surface area contributed by atoms with E-state index in [2.05, 4.69) is 5.32 Å². The van der Waals surface area contributed by atoms with Gasteiger partial charge in [-0.1, -0.05) is 41.5 Å². The molecular formula is C28H26N2O5. The highest BCUT2D eigenvalue weighted by Crippen LogP contribution is 2.29. The predicted molar refractivity (Wildman–Crippen MR) is 136 cm³/mol. The zero-order chi connectivity index (χ0) is 25.1. The van der Waals surface area contributed by atoms with Crippen molar-refractivity contribution in [1.82, 2.24) is 4.57 Å². The first-order valence-corrected chi connectivity index (χ1v) is 11.1. The van der Waals surface area contributed by atoms with Crippen LogP contribution in [0.1, 0.15) is 27.0 Å². The average molecular weight is 471 g/mol. The standard InChI is InChI=1S/C28H26N2O5/c1-17-5-8-19(9-6-17)27(32)22-15-30(24-12-7-18(2)13-21(24)28(22)33)16-26(31)29-23-11-10-20(34-3)14-25(23)35-4/h5-15H,16H2,1-4H3,(H,29,31). The number of methoxy groups -OCH3 is 2. The Morgan fingerprint density at radius 2 is 1.60 bits per heavy atom. The maximum atomic E-state index is 13.3. The Bertz CT molecular complexity index is 1490. The fourth-order valence-electron chi connectivity index (χ4n) is 3.91.